The summed E-state index contributed by atoms with van der Waals surface area (Å²) in [6, 6.07) is 0. The average Bonchev–Trinajstić information content (AvgIpc) is 2.25. The van der Waals surface area contributed by atoms with E-state index in [4.69, 9.17) is 9.47 Å². The molecule has 4 heteroatoms. The first kappa shape index (κ1) is 8.53. The van der Waals surface area contributed by atoms with Crippen LogP contribution in [0.25, 0.3) is 0 Å². The van der Waals surface area contributed by atoms with Gasteiger partial charge in [0.25, 0.3) is 0 Å². The molecule has 3 aliphatic rings. The Morgan fingerprint density at radius 1 is 0.846 bits per heavy atom. The summed E-state index contributed by atoms with van der Waals surface area (Å²) in [6.07, 6.45) is 3.05. The first-order valence-electron chi connectivity index (χ1n) is 4.60. The third-order valence-corrected chi connectivity index (χ3v) is 2.80. The van der Waals surface area contributed by atoms with Crippen molar-refractivity contribution >= 4 is 11.9 Å². The molecule has 2 saturated heterocycles. The minimum absolute atomic E-state index is 0.00856. The van der Waals surface area contributed by atoms with Crippen molar-refractivity contribution in [3.63, 3.8) is 0 Å². The highest BCUT2D eigenvalue weighted by Crippen LogP contribution is 2.31. The van der Waals surface area contributed by atoms with E-state index >= 15 is 0 Å². The quantitative estimate of drug-likeness (QED) is 0.524. The Morgan fingerprint density at radius 2 is 1.23 bits per heavy atom. The molecular weight excluding hydrogens is 172 g/mol. The number of carbonyl (C=O) groups excluding carboxylic acids is 2. The maximum Gasteiger partial charge on any atom is 0.311 e. The van der Waals surface area contributed by atoms with Crippen LogP contribution in [0.4, 0.5) is 0 Å². The molecule has 1 saturated carbocycles. The SMILES string of the molecule is O=C1OCOC(=O)C2CCC1CC2. The van der Waals surface area contributed by atoms with Crippen molar-refractivity contribution in [3.05, 3.63) is 0 Å². The van der Waals surface area contributed by atoms with Crippen LogP contribution in [0.15, 0.2) is 0 Å². The van der Waals surface area contributed by atoms with Crippen molar-refractivity contribution in [1.29, 1.82) is 0 Å². The molecule has 2 bridgehead atoms. The molecule has 72 valence electrons. The average molecular weight is 184 g/mol. The number of rotatable bonds is 0. The van der Waals surface area contributed by atoms with E-state index in [9.17, 15) is 9.59 Å². The number of hydrogen-bond acceptors (Lipinski definition) is 4. The molecular formula is C9H12O4. The minimum Gasteiger partial charge on any atom is -0.428 e. The molecule has 4 nitrogen and oxygen atoms in total. The molecule has 0 aromatic carbocycles. The van der Waals surface area contributed by atoms with E-state index in [1.165, 1.54) is 0 Å². The smallest absolute Gasteiger partial charge is 0.311 e. The normalized spacial score (nSPS) is 34.2. The van der Waals surface area contributed by atoms with Gasteiger partial charge < -0.3 is 9.47 Å². The maximum absolute atomic E-state index is 11.3. The summed E-state index contributed by atoms with van der Waals surface area (Å²) < 4.78 is 9.56. The second-order valence-electron chi connectivity index (χ2n) is 3.59. The van der Waals surface area contributed by atoms with E-state index in [-0.39, 0.29) is 30.6 Å². The maximum atomic E-state index is 11.3. The van der Waals surface area contributed by atoms with Crippen molar-refractivity contribution in [2.45, 2.75) is 25.7 Å². The fourth-order valence-corrected chi connectivity index (χ4v) is 1.95. The van der Waals surface area contributed by atoms with E-state index in [1.54, 1.807) is 0 Å². The van der Waals surface area contributed by atoms with Gasteiger partial charge in [-0.3, -0.25) is 9.59 Å². The number of esters is 2. The highest BCUT2D eigenvalue weighted by Gasteiger charge is 2.33. The molecule has 0 amide bonds. The van der Waals surface area contributed by atoms with Gasteiger partial charge in [-0.1, -0.05) is 0 Å². The van der Waals surface area contributed by atoms with E-state index in [0.717, 1.165) is 25.7 Å². The van der Waals surface area contributed by atoms with Crippen LogP contribution in [-0.2, 0) is 19.1 Å². The Kier molecular flexibility index (Phi) is 2.20. The summed E-state index contributed by atoms with van der Waals surface area (Å²) in [5.41, 5.74) is 0. The molecule has 0 unspecified atom stereocenters. The Hall–Kier alpha value is -1.06. The van der Waals surface area contributed by atoms with Gasteiger partial charge in [0.15, 0.2) is 0 Å². The highest BCUT2D eigenvalue weighted by molar-refractivity contribution is 5.76. The van der Waals surface area contributed by atoms with Gasteiger partial charge in [0, 0.05) is 0 Å². The second-order valence-corrected chi connectivity index (χ2v) is 3.59. The summed E-state index contributed by atoms with van der Waals surface area (Å²) in [4.78, 5) is 22.5. The molecule has 0 aromatic rings. The van der Waals surface area contributed by atoms with Crippen LogP contribution in [0, 0.1) is 11.8 Å². The summed E-state index contributed by atoms with van der Waals surface area (Å²) in [5.74, 6) is -0.446. The van der Waals surface area contributed by atoms with Crippen molar-refractivity contribution < 1.29 is 19.1 Å². The fraction of sp³-hybridized carbons (Fsp3) is 0.778. The van der Waals surface area contributed by atoms with Gasteiger partial charge in [0.1, 0.15) is 0 Å². The Labute approximate surface area is 76.2 Å². The van der Waals surface area contributed by atoms with Crippen LogP contribution in [-0.4, -0.2) is 18.7 Å². The van der Waals surface area contributed by atoms with Gasteiger partial charge in [-0.05, 0) is 25.7 Å². The Morgan fingerprint density at radius 3 is 1.62 bits per heavy atom. The summed E-state index contributed by atoms with van der Waals surface area (Å²) in [6.45, 7) is -0.204. The zero-order valence-electron chi connectivity index (χ0n) is 7.32. The van der Waals surface area contributed by atoms with Crippen LogP contribution in [0.5, 0.6) is 0 Å². The molecule has 3 rings (SSSR count). The number of hydrogen-bond donors (Lipinski definition) is 0. The lowest BCUT2D eigenvalue weighted by Crippen LogP contribution is -2.24. The first-order valence-corrected chi connectivity index (χ1v) is 4.60. The van der Waals surface area contributed by atoms with E-state index in [2.05, 4.69) is 0 Å². The predicted molar refractivity (Wildman–Crippen MR) is 42.5 cm³/mol. The van der Waals surface area contributed by atoms with Gasteiger partial charge in [-0.15, -0.1) is 0 Å². The minimum atomic E-state index is -0.215. The molecule has 0 spiro atoms. The van der Waals surface area contributed by atoms with Crippen molar-refractivity contribution in [2.24, 2.45) is 11.8 Å². The number of fused-ring (bicyclic) bond motifs is 6. The number of ether oxygens (including phenoxy) is 2. The van der Waals surface area contributed by atoms with Gasteiger partial charge in [0.05, 0.1) is 11.8 Å². The van der Waals surface area contributed by atoms with Crippen LogP contribution in [0.2, 0.25) is 0 Å². The molecule has 0 aromatic heterocycles. The van der Waals surface area contributed by atoms with Crippen molar-refractivity contribution in [2.75, 3.05) is 6.79 Å². The summed E-state index contributed by atoms with van der Waals surface area (Å²) in [7, 11) is 0. The van der Waals surface area contributed by atoms with E-state index < -0.39 is 0 Å². The zero-order chi connectivity index (χ0) is 9.26. The van der Waals surface area contributed by atoms with Crippen LogP contribution in [0.1, 0.15) is 25.7 Å². The summed E-state index contributed by atoms with van der Waals surface area (Å²) in [5, 5.41) is 0. The lowest BCUT2D eigenvalue weighted by atomic mass is 9.82. The standard InChI is InChI=1S/C9H12O4/c10-8-6-1-2-7(4-3-6)9(11)13-5-12-8/h6-7H,1-5H2. The van der Waals surface area contributed by atoms with Crippen LogP contribution >= 0.6 is 0 Å². The van der Waals surface area contributed by atoms with E-state index in [1.807, 2.05) is 0 Å². The molecule has 0 radical (unpaired) electrons. The molecule has 3 fully saturated rings. The van der Waals surface area contributed by atoms with Crippen molar-refractivity contribution in [3.8, 4) is 0 Å². The second kappa shape index (κ2) is 3.36. The zero-order valence-corrected chi connectivity index (χ0v) is 7.32. The van der Waals surface area contributed by atoms with Crippen LogP contribution < -0.4 is 0 Å². The van der Waals surface area contributed by atoms with Gasteiger partial charge in [-0.25, -0.2) is 0 Å². The van der Waals surface area contributed by atoms with Gasteiger partial charge >= 0.3 is 11.9 Å². The highest BCUT2D eigenvalue weighted by atomic mass is 16.7. The topological polar surface area (TPSA) is 52.6 Å². The van der Waals surface area contributed by atoms with Gasteiger partial charge in [-0.2, -0.15) is 0 Å². The monoisotopic (exact) mass is 184 g/mol. The van der Waals surface area contributed by atoms with Gasteiger partial charge in [0.2, 0.25) is 6.79 Å². The molecule has 0 atom stereocenters. The third-order valence-electron chi connectivity index (χ3n) is 2.80. The molecule has 0 N–H and O–H groups in total. The Balaban J connectivity index is 2.11. The van der Waals surface area contributed by atoms with E-state index in [0.29, 0.717) is 0 Å². The first-order chi connectivity index (χ1) is 6.27. The lowest BCUT2D eigenvalue weighted by Gasteiger charge is -2.22. The molecule has 1 aliphatic carbocycles. The van der Waals surface area contributed by atoms with Crippen molar-refractivity contribution in [1.82, 2.24) is 0 Å². The largest absolute Gasteiger partial charge is 0.428 e. The predicted octanol–water partition coefficient (Wildman–Crippen LogP) is 0.850. The molecule has 2 heterocycles. The Bertz CT molecular complexity index is 204. The molecule has 13 heavy (non-hydrogen) atoms. The van der Waals surface area contributed by atoms with Crippen LogP contribution in [0.3, 0.4) is 0 Å². The third kappa shape index (κ3) is 1.66. The number of carbonyl (C=O) groups is 2. The molecule has 2 aliphatic heterocycles. The summed E-state index contributed by atoms with van der Waals surface area (Å²) >= 11 is 0. The fourth-order valence-electron chi connectivity index (χ4n) is 1.95. The lowest BCUT2D eigenvalue weighted by molar-refractivity contribution is -0.168.